The lowest BCUT2D eigenvalue weighted by atomic mass is 10.1. The lowest BCUT2D eigenvalue weighted by molar-refractivity contribution is 0.0221. The van der Waals surface area contributed by atoms with E-state index in [0.29, 0.717) is 17.9 Å². The highest BCUT2D eigenvalue weighted by atomic mass is 127. The van der Waals surface area contributed by atoms with E-state index in [9.17, 15) is 9.59 Å². The Morgan fingerprint density at radius 2 is 2.00 bits per heavy atom. The summed E-state index contributed by atoms with van der Waals surface area (Å²) in [6.07, 6.45) is 3.23. The molecule has 1 aliphatic rings. The third-order valence-electron chi connectivity index (χ3n) is 6.40. The van der Waals surface area contributed by atoms with E-state index in [1.807, 2.05) is 52.9 Å². The number of rotatable bonds is 3. The van der Waals surface area contributed by atoms with Crippen LogP contribution in [-0.2, 0) is 11.8 Å². The molecule has 1 atom stereocenters. The Morgan fingerprint density at radius 3 is 2.75 bits per heavy atom. The zero-order valence-electron chi connectivity index (χ0n) is 21.0. The first-order valence-electron chi connectivity index (χ1n) is 11.9. The van der Waals surface area contributed by atoms with Crippen LogP contribution in [0.5, 0.6) is 0 Å². The summed E-state index contributed by atoms with van der Waals surface area (Å²) in [5.41, 5.74) is 3.64. The lowest BCUT2D eigenvalue weighted by Crippen LogP contribution is -2.36. The van der Waals surface area contributed by atoms with Crippen LogP contribution < -0.4 is 5.32 Å². The molecule has 10 heteroatoms. The van der Waals surface area contributed by atoms with Gasteiger partial charge in [-0.1, -0.05) is 6.07 Å². The second kappa shape index (κ2) is 9.06. The van der Waals surface area contributed by atoms with E-state index in [-0.39, 0.29) is 18.0 Å². The van der Waals surface area contributed by atoms with Crippen molar-refractivity contribution in [2.24, 2.45) is 7.05 Å². The molecule has 5 rings (SSSR count). The van der Waals surface area contributed by atoms with Crippen molar-refractivity contribution < 1.29 is 14.3 Å². The third-order valence-corrected chi connectivity index (χ3v) is 7.56. The van der Waals surface area contributed by atoms with E-state index in [0.717, 1.165) is 49.6 Å². The number of carbonyl (C=O) groups is 2. The number of hydrogen-bond donors (Lipinski definition) is 2. The van der Waals surface area contributed by atoms with Crippen molar-refractivity contribution in [3.8, 4) is 0 Å². The van der Waals surface area contributed by atoms with Gasteiger partial charge in [-0.05, 0) is 75.3 Å². The summed E-state index contributed by atoms with van der Waals surface area (Å²) in [5, 5.41) is 9.30. The molecule has 0 unspecified atom stereocenters. The van der Waals surface area contributed by atoms with Gasteiger partial charge in [0.25, 0.3) is 5.91 Å². The van der Waals surface area contributed by atoms with E-state index in [2.05, 4.69) is 43.0 Å². The molecule has 1 aliphatic heterocycles. The second-order valence-corrected chi connectivity index (χ2v) is 11.3. The van der Waals surface area contributed by atoms with E-state index in [1.54, 1.807) is 21.8 Å². The van der Waals surface area contributed by atoms with Gasteiger partial charge in [0.2, 0.25) is 0 Å². The molecule has 4 aromatic rings. The van der Waals surface area contributed by atoms with Crippen LogP contribution in [0, 0.1) is 10.5 Å². The van der Waals surface area contributed by atoms with Gasteiger partial charge in [0.1, 0.15) is 11.4 Å². The van der Waals surface area contributed by atoms with Gasteiger partial charge < -0.3 is 15.0 Å². The molecule has 0 radical (unpaired) electrons. The Hall–Kier alpha value is -3.15. The number of ether oxygens (including phenoxy) is 1. The van der Waals surface area contributed by atoms with Crippen LogP contribution in [0.25, 0.3) is 21.8 Å². The maximum Gasteiger partial charge on any atom is 0.410 e. The van der Waals surface area contributed by atoms with Crippen LogP contribution in [0.1, 0.15) is 61.4 Å². The Bertz CT molecular complexity index is 1500. The summed E-state index contributed by atoms with van der Waals surface area (Å²) in [6, 6.07) is 7.29. The molecule has 1 saturated heterocycles. The van der Waals surface area contributed by atoms with Crippen molar-refractivity contribution in [1.29, 1.82) is 0 Å². The van der Waals surface area contributed by atoms with Gasteiger partial charge in [0.15, 0.2) is 0 Å². The summed E-state index contributed by atoms with van der Waals surface area (Å²) >= 11 is 2.30. The third kappa shape index (κ3) is 4.54. The van der Waals surface area contributed by atoms with Gasteiger partial charge in [0, 0.05) is 45.8 Å². The van der Waals surface area contributed by atoms with Gasteiger partial charge in [-0.15, -0.1) is 0 Å². The average molecular weight is 600 g/mol. The number of nitrogens with one attached hydrogen (secondary N) is 2. The van der Waals surface area contributed by atoms with E-state index in [4.69, 9.17) is 4.74 Å². The first-order chi connectivity index (χ1) is 17.0. The van der Waals surface area contributed by atoms with Crippen molar-refractivity contribution in [3.63, 3.8) is 0 Å². The van der Waals surface area contributed by atoms with Crippen molar-refractivity contribution in [2.75, 3.05) is 11.9 Å². The number of amides is 2. The number of anilines is 1. The van der Waals surface area contributed by atoms with Gasteiger partial charge in [0.05, 0.1) is 28.5 Å². The molecule has 2 N–H and O–H groups in total. The normalized spacial score (nSPS) is 16.2. The maximum atomic E-state index is 13.0. The van der Waals surface area contributed by atoms with Gasteiger partial charge in [-0.3, -0.25) is 14.4 Å². The summed E-state index contributed by atoms with van der Waals surface area (Å²) in [4.78, 5) is 35.5. The fourth-order valence-corrected chi connectivity index (χ4v) is 5.67. The van der Waals surface area contributed by atoms with E-state index in [1.165, 1.54) is 0 Å². The van der Waals surface area contributed by atoms with Gasteiger partial charge >= 0.3 is 6.09 Å². The summed E-state index contributed by atoms with van der Waals surface area (Å²) in [7, 11) is 1.87. The fourth-order valence-electron chi connectivity index (χ4n) is 4.75. The predicted molar refractivity (Wildman–Crippen MR) is 147 cm³/mol. The number of aromatic amines is 1. The number of fused-ring (bicyclic) bond motifs is 2. The quantitative estimate of drug-likeness (QED) is 0.294. The zero-order valence-corrected chi connectivity index (χ0v) is 23.1. The smallest absolute Gasteiger partial charge is 0.410 e. The number of likely N-dealkylation sites (tertiary alicyclic amines) is 1. The van der Waals surface area contributed by atoms with Crippen LogP contribution in [0.15, 0.2) is 30.5 Å². The topological polar surface area (TPSA) is 105 Å². The number of aryl methyl sites for hydroxylation is 2. The Labute approximate surface area is 222 Å². The summed E-state index contributed by atoms with van der Waals surface area (Å²) < 4.78 is 8.43. The summed E-state index contributed by atoms with van der Waals surface area (Å²) in [6.45, 7) is 8.23. The summed E-state index contributed by atoms with van der Waals surface area (Å²) in [5.74, 6) is 0.212. The fraction of sp³-hybridized carbons (Fsp3) is 0.385. The van der Waals surface area contributed by atoms with Gasteiger partial charge in [-0.25, -0.2) is 9.78 Å². The SMILES string of the molecule is Cc1nn(C)c2cc(C(=O)Nc3cc4[nH]c([C@H]5CCCN5C(=O)OC(C)(C)C)c(I)c4cn3)ccc12. The highest BCUT2D eigenvalue weighted by Gasteiger charge is 2.35. The van der Waals surface area contributed by atoms with E-state index >= 15 is 0 Å². The molecule has 1 aromatic carbocycles. The molecule has 0 bridgehead atoms. The van der Waals surface area contributed by atoms with Crippen LogP contribution >= 0.6 is 22.6 Å². The molecule has 0 saturated carbocycles. The predicted octanol–water partition coefficient (Wildman–Crippen LogP) is 5.69. The average Bonchev–Trinajstić information content (AvgIpc) is 3.49. The second-order valence-electron chi connectivity index (χ2n) is 10.2. The molecule has 188 valence electrons. The number of hydrogen-bond acceptors (Lipinski definition) is 5. The first kappa shape index (κ1) is 24.5. The highest BCUT2D eigenvalue weighted by Crippen LogP contribution is 2.38. The van der Waals surface area contributed by atoms with Crippen molar-refractivity contribution in [2.45, 2.75) is 52.2 Å². The van der Waals surface area contributed by atoms with Crippen LogP contribution in [0.2, 0.25) is 0 Å². The van der Waals surface area contributed by atoms with Crippen LogP contribution in [0.4, 0.5) is 10.6 Å². The maximum absolute atomic E-state index is 13.0. The molecule has 9 nitrogen and oxygen atoms in total. The Kier molecular flexibility index (Phi) is 6.17. The highest BCUT2D eigenvalue weighted by molar-refractivity contribution is 14.1. The first-order valence-corrected chi connectivity index (χ1v) is 13.0. The van der Waals surface area contributed by atoms with Crippen molar-refractivity contribution >= 4 is 62.2 Å². The minimum absolute atomic E-state index is 0.0914. The Balaban J connectivity index is 1.39. The molecule has 1 fully saturated rings. The molecular weight excluding hydrogens is 571 g/mol. The number of halogens is 1. The zero-order chi connectivity index (χ0) is 25.8. The molecule has 4 heterocycles. The lowest BCUT2D eigenvalue weighted by Gasteiger charge is -2.28. The standard InChI is InChI=1S/C26H29IN6O3/c1-14-16-9-8-15(11-20(16)32(5)31-14)24(34)30-21-12-18-17(13-28-21)22(27)23(29-18)19-7-6-10-33(19)25(35)36-26(2,3)4/h8-9,11-13,19,29H,6-7,10H2,1-5H3,(H,28,30,34)/t19-/m1/s1. The number of H-pyrrole nitrogens is 1. The molecule has 2 amide bonds. The molecule has 36 heavy (non-hydrogen) atoms. The molecule has 0 spiro atoms. The molecular formula is C26H29IN6O3. The largest absolute Gasteiger partial charge is 0.444 e. The van der Waals surface area contributed by atoms with Crippen LogP contribution in [0.3, 0.4) is 0 Å². The number of nitrogens with zero attached hydrogens (tertiary/aromatic N) is 4. The molecule has 3 aromatic heterocycles. The van der Waals surface area contributed by atoms with E-state index < -0.39 is 5.60 Å². The van der Waals surface area contributed by atoms with Crippen LogP contribution in [-0.4, -0.2) is 48.8 Å². The number of benzene rings is 1. The molecule has 0 aliphatic carbocycles. The Morgan fingerprint density at radius 1 is 1.22 bits per heavy atom. The monoisotopic (exact) mass is 600 g/mol. The van der Waals surface area contributed by atoms with Crippen molar-refractivity contribution in [3.05, 3.63) is 51.0 Å². The minimum Gasteiger partial charge on any atom is -0.444 e. The van der Waals surface area contributed by atoms with Crippen molar-refractivity contribution in [1.82, 2.24) is 24.6 Å². The number of carbonyl (C=O) groups excluding carboxylic acids is 2. The number of pyridine rings is 1. The minimum atomic E-state index is -0.547. The van der Waals surface area contributed by atoms with Gasteiger partial charge in [-0.2, -0.15) is 5.10 Å². The number of aromatic nitrogens is 4.